The zero-order valence-corrected chi connectivity index (χ0v) is 10.9. The third-order valence-electron chi connectivity index (χ3n) is 1.55. The maximum Gasteiger partial charge on any atom is 0.123 e. The van der Waals surface area contributed by atoms with Crippen molar-refractivity contribution in [3.63, 3.8) is 0 Å². The molecule has 0 N–H and O–H groups in total. The molecular weight excluding hydrogens is 201 g/mol. The molecule has 0 heterocycles. The molecule has 1 rings (SSSR count). The first-order valence-electron chi connectivity index (χ1n) is 5.65. The smallest absolute Gasteiger partial charge is 0.123 e. The van der Waals surface area contributed by atoms with Crippen molar-refractivity contribution >= 4 is 5.71 Å². The third-order valence-corrected chi connectivity index (χ3v) is 1.55. The highest BCUT2D eigenvalue weighted by atomic mass is 19.1. The monoisotopic (exact) mass is 225 g/mol. The zero-order chi connectivity index (χ0) is 13.0. The molecule has 16 heavy (non-hydrogen) atoms. The van der Waals surface area contributed by atoms with Gasteiger partial charge in [0.15, 0.2) is 0 Å². The summed E-state index contributed by atoms with van der Waals surface area (Å²) in [5.41, 5.74) is 1.75. The molecule has 0 saturated carbocycles. The number of hydrogen-bond acceptors (Lipinski definition) is 1. The van der Waals surface area contributed by atoms with Crippen LogP contribution in [-0.4, -0.2) is 5.71 Å². The summed E-state index contributed by atoms with van der Waals surface area (Å²) in [7, 11) is 0. The van der Waals surface area contributed by atoms with E-state index >= 15 is 0 Å². The van der Waals surface area contributed by atoms with Crippen LogP contribution in [0.3, 0.4) is 0 Å². The minimum absolute atomic E-state index is 0. The van der Waals surface area contributed by atoms with Crippen molar-refractivity contribution < 1.29 is 5.82 Å². The Bertz CT molecular complexity index is 305. The Hall–Kier alpha value is -1.44. The quantitative estimate of drug-likeness (QED) is 0.623. The fourth-order valence-corrected chi connectivity index (χ4v) is 0.903. The second kappa shape index (κ2) is 11.6. The van der Waals surface area contributed by atoms with Gasteiger partial charge >= 0.3 is 0 Å². The number of rotatable bonds is 2. The van der Waals surface area contributed by atoms with Gasteiger partial charge in [0.2, 0.25) is 0 Å². The van der Waals surface area contributed by atoms with Crippen LogP contribution in [0.4, 0.5) is 4.39 Å². The van der Waals surface area contributed by atoms with Gasteiger partial charge in [0.25, 0.3) is 0 Å². The Morgan fingerprint density at radius 3 is 2.00 bits per heavy atom. The molecule has 0 aliphatic carbocycles. The molecule has 0 spiro atoms. The molecule has 0 saturated heterocycles. The van der Waals surface area contributed by atoms with E-state index in [1.165, 1.54) is 18.3 Å². The largest absolute Gasteiger partial charge is 0.262 e. The second-order valence-corrected chi connectivity index (χ2v) is 2.40. The Balaban J connectivity index is -0.000000355. The van der Waals surface area contributed by atoms with E-state index in [1.54, 1.807) is 12.1 Å². The number of halogens is 1. The predicted molar refractivity (Wildman–Crippen MR) is 73.6 cm³/mol. The van der Waals surface area contributed by atoms with Crippen LogP contribution in [-0.2, 0) is 0 Å². The first-order valence-corrected chi connectivity index (χ1v) is 5.65. The van der Waals surface area contributed by atoms with E-state index in [0.29, 0.717) is 0 Å². The van der Waals surface area contributed by atoms with Crippen molar-refractivity contribution in [3.05, 3.63) is 48.4 Å². The zero-order valence-electron chi connectivity index (χ0n) is 10.9. The highest BCUT2D eigenvalue weighted by Crippen LogP contribution is 2.04. The topological polar surface area (TPSA) is 12.4 Å². The third kappa shape index (κ3) is 6.93. The molecule has 0 bridgehead atoms. The molecule has 0 atom stereocenters. The number of nitrogens with zero attached hydrogens (tertiary/aromatic N) is 1. The average Bonchev–Trinajstić information content (AvgIpc) is 2.35. The van der Waals surface area contributed by atoms with Crippen LogP contribution in [0.2, 0.25) is 0 Å². The number of hydrogen-bond donors (Lipinski definition) is 0. The SMILES string of the molecule is C=CN=C(C)c1ccc(F)cc1.CC.CC.[HH]. The fraction of sp³-hybridized carbons (Fsp3) is 0.357. The summed E-state index contributed by atoms with van der Waals surface area (Å²) in [5, 5.41) is 0. The molecule has 1 aromatic carbocycles. The number of aliphatic imine (C=N–C) groups is 1. The van der Waals surface area contributed by atoms with Crippen molar-refractivity contribution in [2.24, 2.45) is 4.99 Å². The van der Waals surface area contributed by atoms with E-state index in [9.17, 15) is 4.39 Å². The highest BCUT2D eigenvalue weighted by molar-refractivity contribution is 5.98. The molecule has 0 aliphatic heterocycles. The van der Waals surface area contributed by atoms with E-state index < -0.39 is 0 Å². The van der Waals surface area contributed by atoms with Crippen LogP contribution in [0.5, 0.6) is 0 Å². The van der Waals surface area contributed by atoms with E-state index in [1.807, 2.05) is 34.6 Å². The lowest BCUT2D eigenvalue weighted by Crippen LogP contribution is -1.92. The predicted octanol–water partition coefficient (Wildman–Crippen LogP) is 5.08. The average molecular weight is 225 g/mol. The van der Waals surface area contributed by atoms with Gasteiger partial charge in [-0.15, -0.1) is 0 Å². The van der Waals surface area contributed by atoms with Gasteiger partial charge in [-0.05, 0) is 24.6 Å². The molecule has 0 aromatic heterocycles. The summed E-state index contributed by atoms with van der Waals surface area (Å²) in [6.07, 6.45) is 1.47. The standard InChI is InChI=1S/C10H10FN.2C2H6.H2/c1-3-12-8(2)9-4-6-10(11)7-5-9;2*1-2;/h3-7H,1H2,2H3;2*1-2H3;1H. The molecule has 0 radical (unpaired) electrons. The van der Waals surface area contributed by atoms with Gasteiger partial charge in [0.1, 0.15) is 5.82 Å². The molecule has 1 nitrogen and oxygen atoms in total. The van der Waals surface area contributed by atoms with E-state index in [4.69, 9.17) is 0 Å². The first-order chi connectivity index (χ1) is 7.74. The van der Waals surface area contributed by atoms with Crippen LogP contribution in [0.15, 0.2) is 42.0 Å². The van der Waals surface area contributed by atoms with Gasteiger partial charge in [-0.25, -0.2) is 4.39 Å². The van der Waals surface area contributed by atoms with E-state index in [2.05, 4.69) is 11.6 Å². The van der Waals surface area contributed by atoms with Gasteiger partial charge in [-0.3, -0.25) is 4.99 Å². The van der Waals surface area contributed by atoms with Crippen molar-refractivity contribution in [2.75, 3.05) is 0 Å². The maximum atomic E-state index is 12.5. The van der Waals surface area contributed by atoms with Gasteiger partial charge in [-0.2, -0.15) is 0 Å². The lowest BCUT2D eigenvalue weighted by atomic mass is 10.1. The lowest BCUT2D eigenvalue weighted by molar-refractivity contribution is 0.628. The Labute approximate surface area is 100 Å². The molecule has 0 aliphatic rings. The van der Waals surface area contributed by atoms with E-state index in [0.717, 1.165) is 11.3 Å². The van der Waals surface area contributed by atoms with Gasteiger partial charge in [-0.1, -0.05) is 46.4 Å². The van der Waals surface area contributed by atoms with Crippen molar-refractivity contribution in [2.45, 2.75) is 34.6 Å². The van der Waals surface area contributed by atoms with Gasteiger partial charge in [0, 0.05) is 13.3 Å². The van der Waals surface area contributed by atoms with Crippen LogP contribution in [0.1, 0.15) is 41.6 Å². The summed E-state index contributed by atoms with van der Waals surface area (Å²) in [6, 6.07) is 6.21. The van der Waals surface area contributed by atoms with Crippen molar-refractivity contribution in [3.8, 4) is 0 Å². The van der Waals surface area contributed by atoms with Crippen LogP contribution >= 0.6 is 0 Å². The second-order valence-electron chi connectivity index (χ2n) is 2.40. The highest BCUT2D eigenvalue weighted by Gasteiger charge is 1.95. The normalized spacial score (nSPS) is 9.25. The molecule has 0 unspecified atom stereocenters. The molecule has 1 aromatic rings. The molecule has 0 amide bonds. The molecular formula is C14H24FN. The Kier molecular flexibility index (Phi) is 12.3. The van der Waals surface area contributed by atoms with Gasteiger partial charge < -0.3 is 0 Å². The van der Waals surface area contributed by atoms with E-state index in [-0.39, 0.29) is 7.24 Å². The van der Waals surface area contributed by atoms with Crippen LogP contribution in [0.25, 0.3) is 0 Å². The van der Waals surface area contributed by atoms with Crippen LogP contribution in [0, 0.1) is 5.82 Å². The summed E-state index contributed by atoms with van der Waals surface area (Å²) < 4.78 is 12.5. The Morgan fingerprint density at radius 1 is 1.19 bits per heavy atom. The summed E-state index contributed by atoms with van der Waals surface area (Å²) in [6.45, 7) is 13.3. The van der Waals surface area contributed by atoms with Crippen LogP contribution < -0.4 is 0 Å². The molecule has 2 heteroatoms. The minimum Gasteiger partial charge on any atom is -0.262 e. The number of benzene rings is 1. The van der Waals surface area contributed by atoms with Crippen molar-refractivity contribution in [1.29, 1.82) is 0 Å². The molecule has 0 fully saturated rings. The fourth-order valence-electron chi connectivity index (χ4n) is 0.903. The molecule has 92 valence electrons. The summed E-state index contributed by atoms with van der Waals surface area (Å²) >= 11 is 0. The van der Waals surface area contributed by atoms with Crippen molar-refractivity contribution in [1.82, 2.24) is 0 Å². The Morgan fingerprint density at radius 2 is 1.62 bits per heavy atom. The first kappa shape index (κ1) is 17.0. The maximum absolute atomic E-state index is 12.5. The summed E-state index contributed by atoms with van der Waals surface area (Å²) in [5.74, 6) is -0.231. The van der Waals surface area contributed by atoms with Gasteiger partial charge in [0.05, 0.1) is 0 Å². The minimum atomic E-state index is -0.231. The lowest BCUT2D eigenvalue weighted by Gasteiger charge is -1.97. The summed E-state index contributed by atoms with van der Waals surface area (Å²) in [4.78, 5) is 3.98.